The number of halogens is 1. The van der Waals surface area contributed by atoms with E-state index in [9.17, 15) is 9.59 Å². The molecule has 2 aromatic heterocycles. The lowest BCUT2D eigenvalue weighted by Crippen LogP contribution is -2.38. The molecule has 2 amide bonds. The minimum absolute atomic E-state index is 0.0843. The predicted molar refractivity (Wildman–Crippen MR) is 118 cm³/mol. The molecule has 1 aliphatic rings. The van der Waals surface area contributed by atoms with Crippen molar-refractivity contribution < 1.29 is 14.0 Å². The monoisotopic (exact) mass is 440 g/mol. The third kappa shape index (κ3) is 5.17. The van der Waals surface area contributed by atoms with Crippen LogP contribution in [-0.4, -0.2) is 34.7 Å². The third-order valence-corrected chi connectivity index (χ3v) is 5.72. The van der Waals surface area contributed by atoms with Gasteiger partial charge in [-0.15, -0.1) is 0 Å². The molecule has 0 atom stereocenters. The highest BCUT2D eigenvalue weighted by atomic mass is 35.5. The van der Waals surface area contributed by atoms with Crippen molar-refractivity contribution in [3.05, 3.63) is 59.4 Å². The quantitative estimate of drug-likeness (QED) is 0.538. The molecule has 0 bridgehead atoms. The maximum absolute atomic E-state index is 12.7. The topological polar surface area (TPSA) is 89.2 Å². The van der Waals surface area contributed by atoms with E-state index in [2.05, 4.69) is 15.7 Å². The molecular weight excluding hydrogens is 416 g/mol. The largest absolute Gasteiger partial charge is 0.463 e. The third-order valence-electron chi connectivity index (χ3n) is 5.47. The molecule has 0 aliphatic heterocycles. The van der Waals surface area contributed by atoms with Crippen molar-refractivity contribution in [3.8, 4) is 17.1 Å². The first-order valence-electron chi connectivity index (χ1n) is 10.6. The van der Waals surface area contributed by atoms with Gasteiger partial charge in [-0.25, -0.2) is 4.68 Å². The number of carbonyl (C=O) groups excluding carboxylic acids is 2. The number of furan rings is 1. The summed E-state index contributed by atoms with van der Waals surface area (Å²) in [7, 11) is 0. The second-order valence-corrected chi connectivity index (χ2v) is 8.10. The number of nitrogens with zero attached hydrogens (tertiary/aromatic N) is 2. The summed E-state index contributed by atoms with van der Waals surface area (Å²) in [6, 6.07) is 12.4. The van der Waals surface area contributed by atoms with Gasteiger partial charge in [0.05, 0.1) is 12.0 Å². The van der Waals surface area contributed by atoms with Crippen molar-refractivity contribution in [2.45, 2.75) is 32.1 Å². The first-order chi connectivity index (χ1) is 15.1. The van der Waals surface area contributed by atoms with Gasteiger partial charge in [-0.1, -0.05) is 30.9 Å². The number of hydrogen-bond donors (Lipinski definition) is 2. The molecule has 0 unspecified atom stereocenters. The molecule has 2 heterocycles. The first kappa shape index (κ1) is 21.2. The van der Waals surface area contributed by atoms with E-state index in [1.807, 2.05) is 18.2 Å². The Morgan fingerprint density at radius 3 is 2.52 bits per heavy atom. The summed E-state index contributed by atoms with van der Waals surface area (Å²) < 4.78 is 7.16. The molecule has 162 valence electrons. The first-order valence-corrected chi connectivity index (χ1v) is 11.0. The van der Waals surface area contributed by atoms with E-state index in [1.54, 1.807) is 35.2 Å². The summed E-state index contributed by atoms with van der Waals surface area (Å²) in [5.74, 6) is 0.477. The van der Waals surface area contributed by atoms with E-state index in [0.29, 0.717) is 29.6 Å². The molecule has 3 aromatic rings. The van der Waals surface area contributed by atoms with Gasteiger partial charge in [-0.3, -0.25) is 9.59 Å². The Balaban J connectivity index is 1.40. The fourth-order valence-electron chi connectivity index (χ4n) is 3.83. The molecule has 8 heteroatoms. The number of carbonyl (C=O) groups is 2. The summed E-state index contributed by atoms with van der Waals surface area (Å²) in [4.78, 5) is 24.9. The van der Waals surface area contributed by atoms with Gasteiger partial charge in [0.2, 0.25) is 5.91 Å². The Hall–Kier alpha value is -3.06. The van der Waals surface area contributed by atoms with Crippen LogP contribution in [0.2, 0.25) is 5.02 Å². The summed E-state index contributed by atoms with van der Waals surface area (Å²) in [6.45, 7) is 0.727. The van der Waals surface area contributed by atoms with E-state index in [4.69, 9.17) is 16.0 Å². The fraction of sp³-hybridized carbons (Fsp3) is 0.348. The van der Waals surface area contributed by atoms with E-state index < -0.39 is 0 Å². The van der Waals surface area contributed by atoms with Gasteiger partial charge in [0.15, 0.2) is 11.5 Å². The number of benzene rings is 1. The Kier molecular flexibility index (Phi) is 6.72. The highest BCUT2D eigenvalue weighted by Crippen LogP contribution is 2.25. The van der Waals surface area contributed by atoms with E-state index in [-0.39, 0.29) is 23.4 Å². The second kappa shape index (κ2) is 9.83. The highest BCUT2D eigenvalue weighted by molar-refractivity contribution is 6.30. The van der Waals surface area contributed by atoms with E-state index in [0.717, 1.165) is 31.4 Å². The van der Waals surface area contributed by atoms with Crippen molar-refractivity contribution in [3.63, 3.8) is 0 Å². The molecule has 1 aromatic carbocycles. The van der Waals surface area contributed by atoms with Crippen LogP contribution in [0.1, 0.15) is 42.6 Å². The summed E-state index contributed by atoms with van der Waals surface area (Å²) in [5.41, 5.74) is 1.68. The Labute approximate surface area is 185 Å². The predicted octanol–water partition coefficient (Wildman–Crippen LogP) is 4.21. The standard InChI is InChI=1S/C23H25ClN4O3/c24-17-8-10-18(11-9-17)28-20(21-7-4-14-31-21)15-19(27-28)23(30)26-13-12-25-22(29)16-5-2-1-3-6-16/h4,7-11,14-16H,1-3,5-6,12-13H2,(H,25,29)(H,26,30). The molecule has 1 aliphatic carbocycles. The maximum Gasteiger partial charge on any atom is 0.271 e. The molecule has 1 fully saturated rings. The lowest BCUT2D eigenvalue weighted by atomic mass is 9.89. The summed E-state index contributed by atoms with van der Waals surface area (Å²) in [5, 5.41) is 10.8. The van der Waals surface area contributed by atoms with Crippen LogP contribution in [0.15, 0.2) is 53.1 Å². The summed E-state index contributed by atoms with van der Waals surface area (Å²) in [6.07, 6.45) is 6.92. The molecule has 4 rings (SSSR count). The van der Waals surface area contributed by atoms with Crippen molar-refractivity contribution >= 4 is 23.4 Å². The van der Waals surface area contributed by atoms with Crippen molar-refractivity contribution in [1.29, 1.82) is 0 Å². The number of nitrogens with one attached hydrogen (secondary N) is 2. The van der Waals surface area contributed by atoms with Crippen LogP contribution >= 0.6 is 11.6 Å². The van der Waals surface area contributed by atoms with Gasteiger partial charge in [-0.2, -0.15) is 5.10 Å². The normalized spacial score (nSPS) is 14.4. The van der Waals surface area contributed by atoms with Crippen LogP contribution < -0.4 is 10.6 Å². The number of aromatic nitrogens is 2. The van der Waals surface area contributed by atoms with Crippen LogP contribution in [0.4, 0.5) is 0 Å². The van der Waals surface area contributed by atoms with Gasteiger partial charge in [0.25, 0.3) is 5.91 Å². The number of rotatable bonds is 7. The molecule has 31 heavy (non-hydrogen) atoms. The molecule has 7 nitrogen and oxygen atoms in total. The zero-order valence-corrected chi connectivity index (χ0v) is 17.9. The molecule has 2 N–H and O–H groups in total. The van der Waals surface area contributed by atoms with E-state index in [1.165, 1.54) is 6.42 Å². The average molecular weight is 441 g/mol. The zero-order valence-electron chi connectivity index (χ0n) is 17.1. The maximum atomic E-state index is 12.7. The van der Waals surface area contributed by atoms with Gasteiger partial charge < -0.3 is 15.1 Å². The SMILES string of the molecule is O=C(NCCNC(=O)C1CCCCC1)c1cc(-c2ccco2)n(-c2ccc(Cl)cc2)n1. The molecule has 0 radical (unpaired) electrons. The smallest absolute Gasteiger partial charge is 0.271 e. The highest BCUT2D eigenvalue weighted by Gasteiger charge is 2.21. The van der Waals surface area contributed by atoms with Crippen LogP contribution in [0.25, 0.3) is 17.1 Å². The Morgan fingerprint density at radius 2 is 1.81 bits per heavy atom. The minimum Gasteiger partial charge on any atom is -0.463 e. The van der Waals surface area contributed by atoms with Gasteiger partial charge >= 0.3 is 0 Å². The molecule has 1 saturated carbocycles. The van der Waals surface area contributed by atoms with Crippen LogP contribution in [-0.2, 0) is 4.79 Å². The fourth-order valence-corrected chi connectivity index (χ4v) is 3.96. The molecular formula is C23H25ClN4O3. The van der Waals surface area contributed by atoms with Crippen LogP contribution in [0.5, 0.6) is 0 Å². The lowest BCUT2D eigenvalue weighted by molar-refractivity contribution is -0.125. The minimum atomic E-state index is -0.313. The molecule has 0 saturated heterocycles. The van der Waals surface area contributed by atoms with E-state index >= 15 is 0 Å². The molecule has 0 spiro atoms. The van der Waals surface area contributed by atoms with Crippen molar-refractivity contribution in [2.24, 2.45) is 5.92 Å². The zero-order chi connectivity index (χ0) is 21.6. The summed E-state index contributed by atoms with van der Waals surface area (Å²) >= 11 is 5.99. The van der Waals surface area contributed by atoms with Crippen molar-refractivity contribution in [1.82, 2.24) is 20.4 Å². The lowest BCUT2D eigenvalue weighted by Gasteiger charge is -2.20. The van der Waals surface area contributed by atoms with Gasteiger partial charge in [-0.05, 0) is 49.2 Å². The van der Waals surface area contributed by atoms with Crippen LogP contribution in [0, 0.1) is 5.92 Å². The van der Waals surface area contributed by atoms with Gasteiger partial charge in [0.1, 0.15) is 5.69 Å². The van der Waals surface area contributed by atoms with Crippen molar-refractivity contribution in [2.75, 3.05) is 13.1 Å². The number of hydrogen-bond acceptors (Lipinski definition) is 4. The van der Waals surface area contributed by atoms with Gasteiger partial charge in [0, 0.05) is 30.1 Å². The second-order valence-electron chi connectivity index (χ2n) is 7.66. The Morgan fingerprint density at radius 1 is 1.06 bits per heavy atom. The Bertz CT molecular complexity index is 1020. The average Bonchev–Trinajstić information content (AvgIpc) is 3.47. The van der Waals surface area contributed by atoms with Crippen LogP contribution in [0.3, 0.4) is 0 Å². The number of amides is 2.